The van der Waals surface area contributed by atoms with Crippen molar-refractivity contribution < 1.29 is 4.79 Å². The van der Waals surface area contributed by atoms with E-state index in [1.165, 1.54) is 11.3 Å². The number of carbonyl (C=O) groups is 1. The van der Waals surface area contributed by atoms with Gasteiger partial charge >= 0.3 is 0 Å². The third kappa shape index (κ3) is 2.99. The Morgan fingerprint density at radius 2 is 1.87 bits per heavy atom. The average molecular weight is 219 g/mol. The number of aldehydes is 1. The Balaban J connectivity index is 0.000000531. The highest BCUT2D eigenvalue weighted by molar-refractivity contribution is 7.13. The van der Waals surface area contributed by atoms with Gasteiger partial charge in [-0.25, -0.2) is 4.98 Å². The Morgan fingerprint density at radius 3 is 2.40 bits per heavy atom. The molecule has 1 aromatic carbocycles. The van der Waals surface area contributed by atoms with E-state index in [1.54, 1.807) is 5.38 Å². The highest BCUT2D eigenvalue weighted by atomic mass is 32.1. The van der Waals surface area contributed by atoms with Crippen molar-refractivity contribution in [3.05, 3.63) is 41.4 Å². The molecule has 0 spiro atoms. The molecule has 0 atom stereocenters. The second kappa shape index (κ2) is 6.09. The number of thiazole rings is 1. The van der Waals surface area contributed by atoms with Crippen LogP contribution in [0.5, 0.6) is 0 Å². The lowest BCUT2D eigenvalue weighted by atomic mass is 10.2. The van der Waals surface area contributed by atoms with Crippen LogP contribution in [0.1, 0.15) is 24.3 Å². The lowest BCUT2D eigenvalue weighted by molar-refractivity contribution is 0.111. The van der Waals surface area contributed by atoms with Crippen LogP contribution in [0.3, 0.4) is 0 Å². The molecule has 1 aromatic heterocycles. The van der Waals surface area contributed by atoms with Crippen molar-refractivity contribution in [1.29, 1.82) is 0 Å². The van der Waals surface area contributed by atoms with Gasteiger partial charge in [0.05, 0.1) is 0 Å². The minimum atomic E-state index is 0.504. The molecule has 0 unspecified atom stereocenters. The first-order chi connectivity index (χ1) is 7.40. The van der Waals surface area contributed by atoms with Gasteiger partial charge in [0.2, 0.25) is 0 Å². The summed E-state index contributed by atoms with van der Waals surface area (Å²) in [6.07, 6.45) is 0.767. The third-order valence-electron chi connectivity index (χ3n) is 1.66. The smallest absolute Gasteiger partial charge is 0.169 e. The predicted molar refractivity (Wildman–Crippen MR) is 64.3 cm³/mol. The normalized spacial score (nSPS) is 8.93. The van der Waals surface area contributed by atoms with Crippen molar-refractivity contribution in [3.63, 3.8) is 0 Å². The Bertz CT molecular complexity index is 409. The number of aromatic nitrogens is 1. The predicted octanol–water partition coefficient (Wildman–Crippen LogP) is 3.65. The molecule has 0 amide bonds. The van der Waals surface area contributed by atoms with Crippen LogP contribution in [-0.4, -0.2) is 11.3 Å². The number of hydrogen-bond donors (Lipinski definition) is 0. The molecule has 0 fully saturated rings. The largest absolute Gasteiger partial charge is 0.296 e. The first kappa shape index (κ1) is 11.6. The summed E-state index contributed by atoms with van der Waals surface area (Å²) in [6.45, 7) is 4.00. The van der Waals surface area contributed by atoms with Gasteiger partial charge in [0.1, 0.15) is 10.7 Å². The molecule has 2 rings (SSSR count). The zero-order valence-corrected chi connectivity index (χ0v) is 9.62. The molecule has 1 heterocycles. The van der Waals surface area contributed by atoms with Crippen molar-refractivity contribution in [1.82, 2.24) is 4.98 Å². The van der Waals surface area contributed by atoms with Crippen LogP contribution in [0.15, 0.2) is 35.7 Å². The van der Waals surface area contributed by atoms with Gasteiger partial charge in [-0.15, -0.1) is 11.3 Å². The number of hydrogen-bond acceptors (Lipinski definition) is 3. The standard InChI is InChI=1S/C10H7NOS.C2H6/c12-6-9-7-13-10(11-9)8-4-2-1-3-5-8;1-2/h1-7H;1-2H3. The fourth-order valence-corrected chi connectivity index (χ4v) is 1.82. The third-order valence-corrected chi connectivity index (χ3v) is 2.57. The highest BCUT2D eigenvalue weighted by Crippen LogP contribution is 2.22. The summed E-state index contributed by atoms with van der Waals surface area (Å²) in [6, 6.07) is 9.83. The molecular formula is C12H13NOS. The average Bonchev–Trinajstić information content (AvgIpc) is 2.81. The maximum Gasteiger partial charge on any atom is 0.169 e. The number of rotatable bonds is 2. The van der Waals surface area contributed by atoms with Crippen LogP contribution in [0.4, 0.5) is 0 Å². The van der Waals surface area contributed by atoms with Crippen molar-refractivity contribution in [2.45, 2.75) is 13.8 Å². The van der Waals surface area contributed by atoms with Gasteiger partial charge in [-0.2, -0.15) is 0 Å². The molecule has 0 bridgehead atoms. The molecule has 3 heteroatoms. The van der Waals surface area contributed by atoms with Gasteiger partial charge in [0, 0.05) is 10.9 Å². The van der Waals surface area contributed by atoms with E-state index in [-0.39, 0.29) is 0 Å². The summed E-state index contributed by atoms with van der Waals surface area (Å²) in [5.74, 6) is 0. The molecule has 78 valence electrons. The molecule has 0 N–H and O–H groups in total. The summed E-state index contributed by atoms with van der Waals surface area (Å²) in [7, 11) is 0. The van der Waals surface area contributed by atoms with E-state index in [4.69, 9.17) is 0 Å². The quantitative estimate of drug-likeness (QED) is 0.722. The van der Waals surface area contributed by atoms with E-state index in [9.17, 15) is 4.79 Å². The van der Waals surface area contributed by atoms with Crippen LogP contribution >= 0.6 is 11.3 Å². The molecule has 2 nitrogen and oxygen atoms in total. The molecule has 0 aliphatic heterocycles. The number of carbonyl (C=O) groups excluding carboxylic acids is 1. The van der Waals surface area contributed by atoms with Crippen LogP contribution in [-0.2, 0) is 0 Å². The van der Waals surface area contributed by atoms with Gasteiger partial charge in [-0.05, 0) is 0 Å². The van der Waals surface area contributed by atoms with Crippen LogP contribution in [0.2, 0.25) is 0 Å². The first-order valence-electron chi connectivity index (χ1n) is 4.86. The van der Waals surface area contributed by atoms with E-state index in [0.29, 0.717) is 5.69 Å². The first-order valence-corrected chi connectivity index (χ1v) is 5.74. The lowest BCUT2D eigenvalue weighted by Crippen LogP contribution is -1.79. The summed E-state index contributed by atoms with van der Waals surface area (Å²) in [5.41, 5.74) is 1.56. The Morgan fingerprint density at radius 1 is 1.20 bits per heavy atom. The van der Waals surface area contributed by atoms with Gasteiger partial charge in [-0.3, -0.25) is 4.79 Å². The Hall–Kier alpha value is -1.48. The zero-order valence-electron chi connectivity index (χ0n) is 8.81. The Kier molecular flexibility index (Phi) is 4.71. The molecule has 15 heavy (non-hydrogen) atoms. The van der Waals surface area contributed by atoms with E-state index in [1.807, 2.05) is 44.2 Å². The summed E-state index contributed by atoms with van der Waals surface area (Å²) in [5, 5.41) is 2.65. The van der Waals surface area contributed by atoms with Crippen LogP contribution in [0.25, 0.3) is 10.6 Å². The molecule has 0 saturated carbocycles. The summed E-state index contributed by atoms with van der Waals surface area (Å²) in [4.78, 5) is 14.5. The minimum absolute atomic E-state index is 0.504. The topological polar surface area (TPSA) is 30.0 Å². The molecule has 0 saturated heterocycles. The maximum absolute atomic E-state index is 10.4. The molecule has 0 radical (unpaired) electrons. The Labute approximate surface area is 93.6 Å². The zero-order chi connectivity index (χ0) is 11.1. The van der Waals surface area contributed by atoms with Crippen molar-refractivity contribution >= 4 is 17.6 Å². The SMILES string of the molecule is CC.O=Cc1csc(-c2ccccc2)n1. The summed E-state index contributed by atoms with van der Waals surface area (Å²) >= 11 is 1.48. The van der Waals surface area contributed by atoms with Crippen LogP contribution in [0, 0.1) is 0 Å². The number of benzene rings is 1. The van der Waals surface area contributed by atoms with E-state index in [0.717, 1.165) is 16.9 Å². The highest BCUT2D eigenvalue weighted by Gasteiger charge is 2.01. The van der Waals surface area contributed by atoms with Gasteiger partial charge in [0.25, 0.3) is 0 Å². The van der Waals surface area contributed by atoms with Crippen molar-refractivity contribution in [3.8, 4) is 10.6 Å². The summed E-state index contributed by atoms with van der Waals surface area (Å²) < 4.78 is 0. The van der Waals surface area contributed by atoms with Gasteiger partial charge in [0.15, 0.2) is 6.29 Å². The maximum atomic E-state index is 10.4. The van der Waals surface area contributed by atoms with E-state index >= 15 is 0 Å². The van der Waals surface area contributed by atoms with Crippen molar-refractivity contribution in [2.24, 2.45) is 0 Å². The van der Waals surface area contributed by atoms with Gasteiger partial charge < -0.3 is 0 Å². The number of nitrogens with zero attached hydrogens (tertiary/aromatic N) is 1. The molecule has 0 aliphatic carbocycles. The second-order valence-electron chi connectivity index (χ2n) is 2.56. The van der Waals surface area contributed by atoms with Gasteiger partial charge in [-0.1, -0.05) is 44.2 Å². The monoisotopic (exact) mass is 219 g/mol. The van der Waals surface area contributed by atoms with Crippen molar-refractivity contribution in [2.75, 3.05) is 0 Å². The fraction of sp³-hybridized carbons (Fsp3) is 0.167. The molecule has 2 aromatic rings. The van der Waals surface area contributed by atoms with E-state index < -0.39 is 0 Å². The van der Waals surface area contributed by atoms with Crippen LogP contribution < -0.4 is 0 Å². The molecule has 0 aliphatic rings. The van der Waals surface area contributed by atoms with E-state index in [2.05, 4.69) is 4.98 Å². The second-order valence-corrected chi connectivity index (χ2v) is 3.42. The fourth-order valence-electron chi connectivity index (χ4n) is 1.05. The molecular weight excluding hydrogens is 206 g/mol. The lowest BCUT2D eigenvalue weighted by Gasteiger charge is -1.92. The minimum Gasteiger partial charge on any atom is -0.296 e.